The van der Waals surface area contributed by atoms with Crippen molar-refractivity contribution in [2.75, 3.05) is 5.32 Å². The highest BCUT2D eigenvalue weighted by atomic mass is 35.5. The Labute approximate surface area is 158 Å². The van der Waals surface area contributed by atoms with Gasteiger partial charge >= 0.3 is 0 Å². The van der Waals surface area contributed by atoms with E-state index in [1.165, 1.54) is 18.2 Å². The Morgan fingerprint density at radius 3 is 2.52 bits per heavy atom. The molecule has 2 heterocycles. The van der Waals surface area contributed by atoms with Gasteiger partial charge in [0.15, 0.2) is 11.6 Å². The second-order valence-electron chi connectivity index (χ2n) is 6.09. The maximum atomic E-state index is 14.5. The van der Waals surface area contributed by atoms with Crippen LogP contribution in [0.4, 0.5) is 24.7 Å². The van der Waals surface area contributed by atoms with E-state index in [-0.39, 0.29) is 16.3 Å². The molecule has 0 radical (unpaired) electrons. The fourth-order valence-corrected chi connectivity index (χ4v) is 3.13. The van der Waals surface area contributed by atoms with E-state index in [9.17, 15) is 13.2 Å². The van der Waals surface area contributed by atoms with Crippen LogP contribution in [0.25, 0.3) is 16.9 Å². The molecule has 27 heavy (non-hydrogen) atoms. The van der Waals surface area contributed by atoms with Gasteiger partial charge in [-0.15, -0.1) is 0 Å². The largest absolute Gasteiger partial charge is 0.339 e. The van der Waals surface area contributed by atoms with Crippen LogP contribution in [0.2, 0.25) is 5.02 Å². The average molecular weight is 388 g/mol. The van der Waals surface area contributed by atoms with Crippen LogP contribution in [0.1, 0.15) is 5.56 Å². The van der Waals surface area contributed by atoms with E-state index >= 15 is 0 Å². The smallest absolute Gasteiger partial charge is 0.160 e. The van der Waals surface area contributed by atoms with E-state index in [1.54, 1.807) is 16.7 Å². The number of hydrogen-bond donors (Lipinski definition) is 1. The van der Waals surface area contributed by atoms with Crippen molar-refractivity contribution in [3.63, 3.8) is 0 Å². The summed E-state index contributed by atoms with van der Waals surface area (Å²) < 4.78 is 43.1. The number of rotatable bonds is 3. The number of aryl methyl sites for hydroxylation is 1. The van der Waals surface area contributed by atoms with Crippen LogP contribution in [-0.2, 0) is 0 Å². The lowest BCUT2D eigenvalue weighted by atomic mass is 10.1. The molecule has 7 heteroatoms. The second-order valence-corrected chi connectivity index (χ2v) is 6.50. The molecule has 0 bridgehead atoms. The number of imidazole rings is 1. The maximum Gasteiger partial charge on any atom is 0.160 e. The van der Waals surface area contributed by atoms with Gasteiger partial charge in [-0.3, -0.25) is 4.40 Å². The lowest BCUT2D eigenvalue weighted by Crippen LogP contribution is -1.99. The molecular formula is C20H13ClF3N3. The molecule has 136 valence electrons. The molecule has 0 aliphatic rings. The fourth-order valence-electron chi connectivity index (χ4n) is 2.87. The minimum absolute atomic E-state index is 0.130. The lowest BCUT2D eigenvalue weighted by molar-refractivity contribution is 0.509. The van der Waals surface area contributed by atoms with Crippen molar-refractivity contribution in [2.24, 2.45) is 0 Å². The number of hydrogen-bond acceptors (Lipinski definition) is 2. The van der Waals surface area contributed by atoms with Crippen molar-refractivity contribution >= 4 is 28.8 Å². The number of nitrogens with zero attached hydrogens (tertiary/aromatic N) is 2. The van der Waals surface area contributed by atoms with E-state index in [1.807, 2.05) is 19.1 Å². The Morgan fingerprint density at radius 2 is 1.78 bits per heavy atom. The number of nitrogens with one attached hydrogen (secondary N) is 1. The van der Waals surface area contributed by atoms with Gasteiger partial charge in [0.1, 0.15) is 23.0 Å². The minimum Gasteiger partial charge on any atom is -0.339 e. The molecule has 0 saturated heterocycles. The average Bonchev–Trinajstić information content (AvgIpc) is 2.95. The molecule has 0 unspecified atom stereocenters. The van der Waals surface area contributed by atoms with E-state index < -0.39 is 17.5 Å². The van der Waals surface area contributed by atoms with Crippen molar-refractivity contribution in [2.45, 2.75) is 6.92 Å². The molecule has 1 N–H and O–H groups in total. The first-order valence-electron chi connectivity index (χ1n) is 8.09. The molecule has 4 aromatic rings. The summed E-state index contributed by atoms with van der Waals surface area (Å²) in [5.74, 6) is -2.08. The van der Waals surface area contributed by atoms with Crippen LogP contribution in [0.3, 0.4) is 0 Å². The second kappa shape index (κ2) is 6.63. The molecule has 0 aliphatic heterocycles. The molecule has 2 aromatic heterocycles. The van der Waals surface area contributed by atoms with E-state index in [2.05, 4.69) is 10.3 Å². The minimum atomic E-state index is -0.991. The Kier molecular flexibility index (Phi) is 4.28. The first-order chi connectivity index (χ1) is 12.9. The quantitative estimate of drug-likeness (QED) is 0.458. The van der Waals surface area contributed by atoms with Gasteiger partial charge in [-0.2, -0.15) is 0 Å². The predicted octanol–water partition coefficient (Wildman–Crippen LogP) is 6.12. The fraction of sp³-hybridized carbons (Fsp3) is 0.0500. The van der Waals surface area contributed by atoms with Crippen LogP contribution >= 0.6 is 11.6 Å². The number of fused-ring (bicyclic) bond motifs is 1. The first-order valence-corrected chi connectivity index (χ1v) is 8.47. The van der Waals surface area contributed by atoms with Crippen molar-refractivity contribution in [1.82, 2.24) is 9.38 Å². The molecule has 0 aliphatic carbocycles. The van der Waals surface area contributed by atoms with Gasteiger partial charge in [0.05, 0.1) is 10.6 Å². The normalized spacial score (nSPS) is 11.1. The Balaban J connectivity index is 1.95. The van der Waals surface area contributed by atoms with Gasteiger partial charge in [0.25, 0.3) is 0 Å². The van der Waals surface area contributed by atoms with Crippen molar-refractivity contribution in [3.05, 3.63) is 82.8 Å². The van der Waals surface area contributed by atoms with E-state index in [0.29, 0.717) is 17.2 Å². The van der Waals surface area contributed by atoms with Gasteiger partial charge < -0.3 is 5.32 Å². The molecule has 0 spiro atoms. The van der Waals surface area contributed by atoms with E-state index in [4.69, 9.17) is 11.6 Å². The Bertz CT molecular complexity index is 1150. The third-order valence-electron chi connectivity index (χ3n) is 4.16. The van der Waals surface area contributed by atoms with Crippen LogP contribution < -0.4 is 5.32 Å². The van der Waals surface area contributed by atoms with Crippen LogP contribution in [0.15, 0.2) is 54.7 Å². The summed E-state index contributed by atoms with van der Waals surface area (Å²) in [4.78, 5) is 4.51. The number of benzene rings is 2. The topological polar surface area (TPSA) is 29.3 Å². The van der Waals surface area contributed by atoms with Crippen molar-refractivity contribution in [1.29, 1.82) is 0 Å². The molecule has 4 rings (SSSR count). The summed E-state index contributed by atoms with van der Waals surface area (Å²) in [5, 5.41) is 3.20. The lowest BCUT2D eigenvalue weighted by Gasteiger charge is -2.11. The standard InChI is InChI=1S/C20H13ClF3N3/c1-11-7-8-27-17(9-11)26-19(18-13(21)3-2-4-15(18)23)20(27)25-12-5-6-14(22)16(24)10-12/h2-10,25H,1H3. The van der Waals surface area contributed by atoms with Gasteiger partial charge in [0, 0.05) is 18.0 Å². The number of halogens is 4. The third-order valence-corrected chi connectivity index (χ3v) is 4.48. The summed E-state index contributed by atoms with van der Waals surface area (Å²) in [6, 6.07) is 11.5. The van der Waals surface area contributed by atoms with Gasteiger partial charge in [-0.25, -0.2) is 18.2 Å². The highest BCUT2D eigenvalue weighted by Crippen LogP contribution is 2.37. The van der Waals surface area contributed by atoms with Crippen LogP contribution in [0, 0.1) is 24.4 Å². The molecule has 0 fully saturated rings. The van der Waals surface area contributed by atoms with E-state index in [0.717, 1.165) is 17.7 Å². The summed E-state index contributed by atoms with van der Waals surface area (Å²) in [6.45, 7) is 1.91. The van der Waals surface area contributed by atoms with Crippen LogP contribution in [-0.4, -0.2) is 9.38 Å². The molecule has 0 amide bonds. The molecule has 0 saturated carbocycles. The SMILES string of the molecule is Cc1ccn2c(Nc3ccc(F)c(F)c3)c(-c3c(F)cccc3Cl)nc2c1. The summed E-state index contributed by atoms with van der Waals surface area (Å²) in [7, 11) is 0. The van der Waals surface area contributed by atoms with Crippen LogP contribution in [0.5, 0.6) is 0 Å². The summed E-state index contributed by atoms with van der Waals surface area (Å²) in [5.41, 5.74) is 2.23. The predicted molar refractivity (Wildman–Crippen MR) is 100.0 cm³/mol. The monoisotopic (exact) mass is 387 g/mol. The third kappa shape index (κ3) is 3.13. The van der Waals surface area contributed by atoms with Gasteiger partial charge in [-0.05, 0) is 48.9 Å². The Morgan fingerprint density at radius 1 is 0.963 bits per heavy atom. The van der Waals surface area contributed by atoms with Gasteiger partial charge in [-0.1, -0.05) is 17.7 Å². The highest BCUT2D eigenvalue weighted by Gasteiger charge is 2.20. The molecule has 0 atom stereocenters. The zero-order valence-electron chi connectivity index (χ0n) is 14.1. The Hall–Kier alpha value is -2.99. The highest BCUT2D eigenvalue weighted by molar-refractivity contribution is 6.33. The van der Waals surface area contributed by atoms with Gasteiger partial charge in [0.2, 0.25) is 0 Å². The summed E-state index contributed by atoms with van der Waals surface area (Å²) >= 11 is 6.22. The zero-order valence-corrected chi connectivity index (χ0v) is 14.9. The zero-order chi connectivity index (χ0) is 19.1. The van der Waals surface area contributed by atoms with Crippen molar-refractivity contribution < 1.29 is 13.2 Å². The number of anilines is 2. The van der Waals surface area contributed by atoms with Crippen molar-refractivity contribution in [3.8, 4) is 11.3 Å². The molecular weight excluding hydrogens is 375 g/mol. The number of pyridine rings is 1. The molecule has 2 aromatic carbocycles. The molecule has 3 nitrogen and oxygen atoms in total. The maximum absolute atomic E-state index is 14.5. The number of aromatic nitrogens is 2. The summed E-state index contributed by atoms with van der Waals surface area (Å²) in [6.07, 6.45) is 1.76. The first kappa shape index (κ1) is 17.4.